The molecule has 4 nitrogen and oxygen atoms in total. The molecule has 0 unspecified atom stereocenters. The lowest BCUT2D eigenvalue weighted by molar-refractivity contribution is 0.148. The van der Waals surface area contributed by atoms with Gasteiger partial charge in [0.15, 0.2) is 0 Å². The molecule has 0 atom stereocenters. The number of hydrogen-bond acceptors (Lipinski definition) is 4. The van der Waals surface area contributed by atoms with Crippen molar-refractivity contribution in [1.82, 2.24) is 9.97 Å². The largest absolute Gasteiger partial charge is 0.474 e. The Kier molecular flexibility index (Phi) is 3.97. The van der Waals surface area contributed by atoms with Crippen LogP contribution >= 0.6 is 0 Å². The molecule has 1 aromatic heterocycles. The van der Waals surface area contributed by atoms with Gasteiger partial charge in [0.05, 0.1) is 0 Å². The average Bonchev–Trinajstić information content (AvgIpc) is 2.31. The van der Waals surface area contributed by atoms with Crippen molar-refractivity contribution in [2.24, 2.45) is 0 Å². The molecular weight excluding hydrogens is 202 g/mol. The summed E-state index contributed by atoms with van der Waals surface area (Å²) in [5.74, 6) is 1.53. The first-order valence-electron chi connectivity index (χ1n) is 6.11. The van der Waals surface area contributed by atoms with E-state index in [0.717, 1.165) is 25.2 Å². The molecule has 0 saturated heterocycles. The van der Waals surface area contributed by atoms with Crippen LogP contribution in [0.25, 0.3) is 0 Å². The van der Waals surface area contributed by atoms with Gasteiger partial charge in [0.2, 0.25) is 5.88 Å². The zero-order valence-electron chi connectivity index (χ0n) is 9.78. The van der Waals surface area contributed by atoms with Crippen molar-refractivity contribution in [3.63, 3.8) is 0 Å². The van der Waals surface area contributed by atoms with E-state index in [1.165, 1.54) is 19.3 Å². The van der Waals surface area contributed by atoms with Crippen molar-refractivity contribution in [2.45, 2.75) is 45.1 Å². The van der Waals surface area contributed by atoms with E-state index in [4.69, 9.17) is 4.74 Å². The third kappa shape index (κ3) is 3.08. The second-order valence-electron chi connectivity index (χ2n) is 4.15. The highest BCUT2D eigenvalue weighted by atomic mass is 16.5. The Morgan fingerprint density at radius 2 is 2.12 bits per heavy atom. The minimum Gasteiger partial charge on any atom is -0.474 e. The number of nitrogens with one attached hydrogen (secondary N) is 1. The van der Waals surface area contributed by atoms with Gasteiger partial charge in [-0.25, -0.2) is 9.97 Å². The quantitative estimate of drug-likeness (QED) is 0.849. The molecule has 0 aromatic carbocycles. The highest BCUT2D eigenvalue weighted by Gasteiger charge is 2.15. The van der Waals surface area contributed by atoms with Gasteiger partial charge in [-0.15, -0.1) is 0 Å². The summed E-state index contributed by atoms with van der Waals surface area (Å²) in [5, 5.41) is 3.15. The molecule has 2 rings (SSSR count). The number of ether oxygens (including phenoxy) is 1. The Labute approximate surface area is 96.4 Å². The van der Waals surface area contributed by atoms with Crippen molar-refractivity contribution in [1.29, 1.82) is 0 Å². The van der Waals surface area contributed by atoms with Crippen molar-refractivity contribution in [3.8, 4) is 5.88 Å². The first kappa shape index (κ1) is 11.2. The fraction of sp³-hybridized carbons (Fsp3) is 0.667. The first-order chi connectivity index (χ1) is 7.88. The van der Waals surface area contributed by atoms with Crippen molar-refractivity contribution in [3.05, 3.63) is 12.4 Å². The number of anilines is 1. The number of hydrogen-bond donors (Lipinski definition) is 1. The molecular formula is C12H19N3O. The highest BCUT2D eigenvalue weighted by Crippen LogP contribution is 2.22. The van der Waals surface area contributed by atoms with Crippen molar-refractivity contribution >= 4 is 5.82 Å². The molecule has 0 aliphatic heterocycles. The molecule has 4 heteroatoms. The standard InChI is InChI=1S/C12H19N3O/c1-2-13-11-8-12(15-9-14-11)16-10-6-4-3-5-7-10/h8-10H,2-7H2,1H3,(H,13,14,15). The third-order valence-electron chi connectivity index (χ3n) is 2.84. The number of nitrogens with zero attached hydrogens (tertiary/aromatic N) is 2. The molecule has 1 aliphatic rings. The van der Waals surface area contributed by atoms with Crippen LogP contribution in [-0.2, 0) is 0 Å². The Balaban J connectivity index is 1.94. The molecule has 1 saturated carbocycles. The maximum absolute atomic E-state index is 5.85. The zero-order valence-corrected chi connectivity index (χ0v) is 9.78. The topological polar surface area (TPSA) is 47.0 Å². The van der Waals surface area contributed by atoms with E-state index in [0.29, 0.717) is 12.0 Å². The maximum Gasteiger partial charge on any atom is 0.218 e. The summed E-state index contributed by atoms with van der Waals surface area (Å²) >= 11 is 0. The van der Waals surface area contributed by atoms with Gasteiger partial charge in [-0.05, 0) is 32.6 Å². The molecule has 1 N–H and O–H groups in total. The molecule has 16 heavy (non-hydrogen) atoms. The van der Waals surface area contributed by atoms with Gasteiger partial charge in [-0.2, -0.15) is 0 Å². The van der Waals surface area contributed by atoms with Gasteiger partial charge in [-0.1, -0.05) is 6.42 Å². The molecule has 1 fully saturated rings. The summed E-state index contributed by atoms with van der Waals surface area (Å²) in [6, 6.07) is 1.87. The van der Waals surface area contributed by atoms with Crippen LogP contribution < -0.4 is 10.1 Å². The van der Waals surface area contributed by atoms with Crippen LogP contribution in [0.4, 0.5) is 5.82 Å². The molecule has 1 heterocycles. The predicted molar refractivity (Wildman–Crippen MR) is 63.7 cm³/mol. The minimum absolute atomic E-state index is 0.345. The van der Waals surface area contributed by atoms with E-state index in [2.05, 4.69) is 15.3 Å². The summed E-state index contributed by atoms with van der Waals surface area (Å²) < 4.78 is 5.85. The van der Waals surface area contributed by atoms with Gasteiger partial charge >= 0.3 is 0 Å². The molecule has 0 amide bonds. The van der Waals surface area contributed by atoms with E-state index in [9.17, 15) is 0 Å². The van der Waals surface area contributed by atoms with Crippen molar-refractivity contribution in [2.75, 3.05) is 11.9 Å². The molecule has 88 valence electrons. The second kappa shape index (κ2) is 5.68. The summed E-state index contributed by atoms with van der Waals surface area (Å²) in [4.78, 5) is 8.26. The van der Waals surface area contributed by atoms with Gasteiger partial charge < -0.3 is 10.1 Å². The lowest BCUT2D eigenvalue weighted by atomic mass is 9.98. The number of aromatic nitrogens is 2. The summed E-state index contributed by atoms with van der Waals surface area (Å²) in [5.41, 5.74) is 0. The van der Waals surface area contributed by atoms with E-state index < -0.39 is 0 Å². The van der Waals surface area contributed by atoms with Crippen LogP contribution in [0.15, 0.2) is 12.4 Å². The Morgan fingerprint density at radius 3 is 2.88 bits per heavy atom. The SMILES string of the molecule is CCNc1cc(OC2CCCCC2)ncn1. The lowest BCUT2D eigenvalue weighted by Gasteiger charge is -2.22. The van der Waals surface area contributed by atoms with Crippen LogP contribution in [0.5, 0.6) is 5.88 Å². The molecule has 0 radical (unpaired) electrons. The van der Waals surface area contributed by atoms with E-state index in [-0.39, 0.29) is 0 Å². The van der Waals surface area contributed by atoms with Crippen LogP contribution in [0.3, 0.4) is 0 Å². The molecule has 1 aliphatic carbocycles. The second-order valence-corrected chi connectivity index (χ2v) is 4.15. The van der Waals surface area contributed by atoms with Gasteiger partial charge in [-0.3, -0.25) is 0 Å². The predicted octanol–water partition coefficient (Wildman–Crippen LogP) is 2.62. The van der Waals surface area contributed by atoms with E-state index >= 15 is 0 Å². The van der Waals surface area contributed by atoms with Crippen LogP contribution in [0.2, 0.25) is 0 Å². The molecule has 0 bridgehead atoms. The maximum atomic E-state index is 5.85. The van der Waals surface area contributed by atoms with E-state index in [1.54, 1.807) is 6.33 Å². The highest BCUT2D eigenvalue weighted by molar-refractivity contribution is 5.36. The van der Waals surface area contributed by atoms with Crippen LogP contribution in [0, 0.1) is 0 Å². The first-order valence-corrected chi connectivity index (χ1v) is 6.11. The molecule has 0 spiro atoms. The van der Waals surface area contributed by atoms with Crippen LogP contribution in [-0.4, -0.2) is 22.6 Å². The number of rotatable bonds is 4. The van der Waals surface area contributed by atoms with Gasteiger partial charge in [0.25, 0.3) is 0 Å². The lowest BCUT2D eigenvalue weighted by Crippen LogP contribution is -2.20. The summed E-state index contributed by atoms with van der Waals surface area (Å²) in [7, 11) is 0. The Hall–Kier alpha value is -1.32. The zero-order chi connectivity index (χ0) is 11.2. The fourth-order valence-electron chi connectivity index (χ4n) is 2.04. The van der Waals surface area contributed by atoms with E-state index in [1.807, 2.05) is 13.0 Å². The van der Waals surface area contributed by atoms with Gasteiger partial charge in [0.1, 0.15) is 18.2 Å². The average molecular weight is 221 g/mol. The van der Waals surface area contributed by atoms with Gasteiger partial charge in [0, 0.05) is 12.6 Å². The summed E-state index contributed by atoms with van der Waals surface area (Å²) in [6.07, 6.45) is 8.09. The monoisotopic (exact) mass is 221 g/mol. The smallest absolute Gasteiger partial charge is 0.218 e. The Morgan fingerprint density at radius 1 is 1.31 bits per heavy atom. The molecule has 1 aromatic rings. The fourth-order valence-corrected chi connectivity index (χ4v) is 2.04. The summed E-state index contributed by atoms with van der Waals surface area (Å²) in [6.45, 7) is 2.91. The van der Waals surface area contributed by atoms with Crippen molar-refractivity contribution < 1.29 is 4.74 Å². The minimum atomic E-state index is 0.345. The Bertz CT molecular complexity index is 324. The normalized spacial score (nSPS) is 17.1. The van der Waals surface area contributed by atoms with Crippen LogP contribution in [0.1, 0.15) is 39.0 Å². The third-order valence-corrected chi connectivity index (χ3v) is 2.84.